The fourth-order valence-corrected chi connectivity index (χ4v) is 2.66. The number of nitrogens with one attached hydrogen (secondary N) is 1. The molecular weight excluding hydrogens is 363 g/mol. The van der Waals surface area contributed by atoms with Crippen molar-refractivity contribution in [2.24, 2.45) is 0 Å². The van der Waals surface area contributed by atoms with Crippen LogP contribution in [0.2, 0.25) is 10.0 Å². The summed E-state index contributed by atoms with van der Waals surface area (Å²) in [5.41, 5.74) is 0.891. The molecule has 1 unspecified atom stereocenters. The molecule has 0 radical (unpaired) electrons. The summed E-state index contributed by atoms with van der Waals surface area (Å²) in [4.78, 5) is 23.8. The average molecular weight is 383 g/mol. The van der Waals surface area contributed by atoms with E-state index in [-0.39, 0.29) is 11.5 Å². The maximum atomic E-state index is 12.1. The number of carbonyl (C=O) groups is 1. The molecule has 1 heterocycles. The van der Waals surface area contributed by atoms with Crippen molar-refractivity contribution in [2.45, 2.75) is 32.9 Å². The highest BCUT2D eigenvalue weighted by atomic mass is 35.5. The molecule has 1 aromatic carbocycles. The summed E-state index contributed by atoms with van der Waals surface area (Å²) < 4.78 is 7.17. The Morgan fingerprint density at radius 3 is 2.72 bits per heavy atom. The number of amides is 1. The van der Waals surface area contributed by atoms with Crippen LogP contribution >= 0.6 is 23.2 Å². The topological polar surface area (TPSA) is 60.3 Å². The van der Waals surface area contributed by atoms with Crippen LogP contribution in [0.25, 0.3) is 0 Å². The van der Waals surface area contributed by atoms with E-state index in [0.29, 0.717) is 35.3 Å². The largest absolute Gasteiger partial charge is 0.479 e. The lowest BCUT2D eigenvalue weighted by Crippen LogP contribution is -2.37. The molecule has 1 aromatic heterocycles. The number of hydrogen-bond acceptors (Lipinski definition) is 3. The smallest absolute Gasteiger partial charge is 0.260 e. The van der Waals surface area contributed by atoms with Crippen LogP contribution < -0.4 is 15.6 Å². The Balaban J connectivity index is 1.78. The van der Waals surface area contributed by atoms with Crippen molar-refractivity contribution in [3.05, 3.63) is 62.5 Å². The monoisotopic (exact) mass is 382 g/mol. The molecule has 0 saturated heterocycles. The summed E-state index contributed by atoms with van der Waals surface area (Å²) in [6, 6.07) is 8.30. The van der Waals surface area contributed by atoms with Gasteiger partial charge in [0.15, 0.2) is 6.10 Å². The van der Waals surface area contributed by atoms with Crippen LogP contribution in [-0.4, -0.2) is 23.1 Å². The standard InChI is InChI=1S/C18H20Cl2N2O3/c1-12-6-9-22(17(23)10-12)8-3-7-21-18(24)13(2)25-16-5-4-14(19)11-15(16)20/h4-6,9-11,13H,3,7-8H2,1-2H3,(H,21,24). The van der Waals surface area contributed by atoms with Crippen LogP contribution in [0.15, 0.2) is 41.3 Å². The van der Waals surface area contributed by atoms with Gasteiger partial charge in [-0.05, 0) is 50.1 Å². The molecule has 25 heavy (non-hydrogen) atoms. The van der Waals surface area contributed by atoms with Gasteiger partial charge >= 0.3 is 0 Å². The zero-order valence-electron chi connectivity index (χ0n) is 14.1. The van der Waals surface area contributed by atoms with Gasteiger partial charge in [0.05, 0.1) is 5.02 Å². The highest BCUT2D eigenvalue weighted by Gasteiger charge is 2.15. The van der Waals surface area contributed by atoms with E-state index in [2.05, 4.69) is 5.32 Å². The van der Waals surface area contributed by atoms with Crippen LogP contribution in [-0.2, 0) is 11.3 Å². The van der Waals surface area contributed by atoms with Gasteiger partial charge in [-0.25, -0.2) is 0 Å². The lowest BCUT2D eigenvalue weighted by Gasteiger charge is -2.16. The number of carbonyl (C=O) groups excluding carboxylic acids is 1. The summed E-state index contributed by atoms with van der Waals surface area (Å²) >= 11 is 11.9. The first-order valence-electron chi connectivity index (χ1n) is 7.93. The molecule has 1 N–H and O–H groups in total. The minimum absolute atomic E-state index is 0.0413. The minimum Gasteiger partial charge on any atom is -0.479 e. The molecule has 0 aliphatic rings. The number of hydrogen-bond donors (Lipinski definition) is 1. The van der Waals surface area contributed by atoms with Gasteiger partial charge in [-0.2, -0.15) is 0 Å². The van der Waals surface area contributed by atoms with E-state index >= 15 is 0 Å². The van der Waals surface area contributed by atoms with E-state index in [4.69, 9.17) is 27.9 Å². The summed E-state index contributed by atoms with van der Waals surface area (Å²) in [5.74, 6) is 0.155. The molecule has 2 aromatic rings. The number of ether oxygens (including phenoxy) is 1. The second-order valence-electron chi connectivity index (χ2n) is 5.72. The van der Waals surface area contributed by atoms with Gasteiger partial charge in [0.25, 0.3) is 11.5 Å². The first-order valence-corrected chi connectivity index (χ1v) is 8.69. The maximum Gasteiger partial charge on any atom is 0.260 e. The second-order valence-corrected chi connectivity index (χ2v) is 6.56. The minimum atomic E-state index is -0.694. The van der Waals surface area contributed by atoms with E-state index < -0.39 is 6.10 Å². The summed E-state index contributed by atoms with van der Waals surface area (Å²) in [6.45, 7) is 4.50. The first-order chi connectivity index (χ1) is 11.9. The third-order valence-electron chi connectivity index (χ3n) is 3.59. The van der Waals surface area contributed by atoms with Gasteiger partial charge in [0.1, 0.15) is 5.75 Å². The summed E-state index contributed by atoms with van der Waals surface area (Å²) in [7, 11) is 0. The second kappa shape index (κ2) is 8.92. The normalized spacial score (nSPS) is 11.8. The van der Waals surface area contributed by atoms with Crippen molar-refractivity contribution in [1.82, 2.24) is 9.88 Å². The molecule has 2 rings (SSSR count). The molecule has 0 saturated carbocycles. The number of aryl methyl sites for hydroxylation is 2. The van der Waals surface area contributed by atoms with Crippen molar-refractivity contribution in [1.29, 1.82) is 0 Å². The Kier molecular flexibility index (Phi) is 6.91. The van der Waals surface area contributed by atoms with E-state index in [1.165, 1.54) is 0 Å². The van der Waals surface area contributed by atoms with E-state index in [9.17, 15) is 9.59 Å². The third kappa shape index (κ3) is 5.80. The molecule has 0 spiro atoms. The predicted molar refractivity (Wildman–Crippen MR) is 99.6 cm³/mol. The molecule has 1 amide bonds. The Bertz CT molecular complexity index is 805. The van der Waals surface area contributed by atoms with E-state index in [0.717, 1.165) is 5.56 Å². The number of pyridine rings is 1. The first kappa shape index (κ1) is 19.3. The number of benzene rings is 1. The van der Waals surface area contributed by atoms with Crippen molar-refractivity contribution in [2.75, 3.05) is 6.54 Å². The van der Waals surface area contributed by atoms with Crippen LogP contribution in [0, 0.1) is 6.92 Å². The zero-order valence-corrected chi connectivity index (χ0v) is 15.6. The molecule has 0 bridgehead atoms. The molecule has 0 aliphatic heterocycles. The highest BCUT2D eigenvalue weighted by molar-refractivity contribution is 6.35. The van der Waals surface area contributed by atoms with Gasteiger partial charge in [0, 0.05) is 30.4 Å². The van der Waals surface area contributed by atoms with Gasteiger partial charge in [-0.15, -0.1) is 0 Å². The molecule has 7 heteroatoms. The molecule has 0 aliphatic carbocycles. The molecular formula is C18H20Cl2N2O3. The Morgan fingerprint density at radius 1 is 1.28 bits per heavy atom. The molecule has 5 nitrogen and oxygen atoms in total. The summed E-state index contributed by atoms with van der Waals surface area (Å²) in [6.07, 6.45) is 1.71. The van der Waals surface area contributed by atoms with Crippen molar-refractivity contribution >= 4 is 29.1 Å². The van der Waals surface area contributed by atoms with Crippen LogP contribution in [0.1, 0.15) is 18.9 Å². The van der Waals surface area contributed by atoms with Crippen molar-refractivity contribution < 1.29 is 9.53 Å². The average Bonchev–Trinajstić information content (AvgIpc) is 2.55. The van der Waals surface area contributed by atoms with Gasteiger partial charge < -0.3 is 14.6 Å². The van der Waals surface area contributed by atoms with Crippen molar-refractivity contribution in [3.8, 4) is 5.75 Å². The SMILES string of the molecule is Cc1ccn(CCCNC(=O)C(C)Oc2ccc(Cl)cc2Cl)c(=O)c1. The van der Waals surface area contributed by atoms with E-state index in [1.54, 1.807) is 42.0 Å². The highest BCUT2D eigenvalue weighted by Crippen LogP contribution is 2.28. The van der Waals surface area contributed by atoms with Crippen LogP contribution in [0.4, 0.5) is 0 Å². The van der Waals surface area contributed by atoms with Gasteiger partial charge in [-0.1, -0.05) is 23.2 Å². The number of nitrogens with zero attached hydrogens (tertiary/aromatic N) is 1. The molecule has 0 fully saturated rings. The van der Waals surface area contributed by atoms with Crippen LogP contribution in [0.5, 0.6) is 5.75 Å². The third-order valence-corrected chi connectivity index (χ3v) is 4.12. The lowest BCUT2D eigenvalue weighted by molar-refractivity contribution is -0.127. The maximum absolute atomic E-state index is 12.1. The molecule has 1 atom stereocenters. The number of rotatable bonds is 7. The summed E-state index contributed by atoms with van der Waals surface area (Å²) in [5, 5.41) is 3.64. The predicted octanol–water partition coefficient (Wildman–Crippen LogP) is 3.44. The molecule has 134 valence electrons. The zero-order chi connectivity index (χ0) is 18.4. The van der Waals surface area contributed by atoms with Gasteiger partial charge in [-0.3, -0.25) is 9.59 Å². The number of aromatic nitrogens is 1. The van der Waals surface area contributed by atoms with Crippen LogP contribution in [0.3, 0.4) is 0 Å². The fraction of sp³-hybridized carbons (Fsp3) is 0.333. The Labute approximate surface area is 156 Å². The number of halogens is 2. The quantitative estimate of drug-likeness (QED) is 0.746. The van der Waals surface area contributed by atoms with E-state index in [1.807, 2.05) is 13.0 Å². The Hall–Kier alpha value is -1.98. The van der Waals surface area contributed by atoms with Crippen molar-refractivity contribution in [3.63, 3.8) is 0 Å². The fourth-order valence-electron chi connectivity index (χ4n) is 2.21. The van der Waals surface area contributed by atoms with Gasteiger partial charge in [0.2, 0.25) is 0 Å². The Morgan fingerprint density at radius 2 is 2.04 bits per heavy atom. The lowest BCUT2D eigenvalue weighted by atomic mass is 10.3.